The molecule has 0 aliphatic heterocycles. The molecule has 0 radical (unpaired) electrons. The molecule has 0 heterocycles. The lowest BCUT2D eigenvalue weighted by atomic mass is 10.2. The fourth-order valence-electron chi connectivity index (χ4n) is 1.76. The quantitative estimate of drug-likeness (QED) is 0.743. The maximum absolute atomic E-state index is 13.6. The summed E-state index contributed by atoms with van der Waals surface area (Å²) >= 11 is 2.07. The first-order chi connectivity index (χ1) is 10.7. The summed E-state index contributed by atoms with van der Waals surface area (Å²) in [5.74, 6) is -0.283. The number of halogens is 2. The van der Waals surface area contributed by atoms with E-state index in [2.05, 4.69) is 27.9 Å². The summed E-state index contributed by atoms with van der Waals surface area (Å²) in [6.45, 7) is 0.500. The Balaban J connectivity index is 1.76. The molecule has 0 atom stereocenters. The average Bonchev–Trinajstić information content (AvgIpc) is 2.53. The Morgan fingerprint density at radius 1 is 1.18 bits per heavy atom. The second kappa shape index (κ2) is 8.53. The molecular formula is C17H15FINO2. The van der Waals surface area contributed by atoms with E-state index in [4.69, 9.17) is 4.74 Å². The highest BCUT2D eigenvalue weighted by molar-refractivity contribution is 14.1. The zero-order chi connectivity index (χ0) is 15.8. The van der Waals surface area contributed by atoms with Crippen LogP contribution in [0, 0.1) is 9.39 Å². The number of carbonyl (C=O) groups is 1. The molecule has 0 aromatic heterocycles. The minimum absolute atomic E-state index is 0.224. The van der Waals surface area contributed by atoms with Gasteiger partial charge >= 0.3 is 6.09 Å². The SMILES string of the molecule is O=C(NCC=Cc1c(F)cccc1I)OCc1ccccc1. The van der Waals surface area contributed by atoms with E-state index in [1.54, 1.807) is 18.2 Å². The predicted molar refractivity (Wildman–Crippen MR) is 92.8 cm³/mol. The minimum atomic E-state index is -0.503. The van der Waals surface area contributed by atoms with Crippen LogP contribution in [0.1, 0.15) is 11.1 Å². The number of amides is 1. The van der Waals surface area contributed by atoms with E-state index in [1.165, 1.54) is 6.07 Å². The molecule has 114 valence electrons. The minimum Gasteiger partial charge on any atom is -0.445 e. The van der Waals surface area contributed by atoms with Crippen molar-refractivity contribution in [1.82, 2.24) is 5.32 Å². The fraction of sp³-hybridized carbons (Fsp3) is 0.118. The highest BCUT2D eigenvalue weighted by atomic mass is 127. The molecule has 2 rings (SSSR count). The van der Waals surface area contributed by atoms with Crippen LogP contribution in [0.5, 0.6) is 0 Å². The van der Waals surface area contributed by atoms with Gasteiger partial charge in [-0.15, -0.1) is 0 Å². The van der Waals surface area contributed by atoms with Gasteiger partial charge in [0.15, 0.2) is 0 Å². The summed E-state index contributed by atoms with van der Waals surface area (Å²) in [4.78, 5) is 11.5. The molecule has 1 N–H and O–H groups in total. The maximum Gasteiger partial charge on any atom is 0.407 e. The first-order valence-electron chi connectivity index (χ1n) is 6.72. The number of alkyl carbamates (subject to hydrolysis) is 1. The Kier molecular flexibility index (Phi) is 6.39. The van der Waals surface area contributed by atoms with E-state index in [9.17, 15) is 9.18 Å². The highest BCUT2D eigenvalue weighted by Crippen LogP contribution is 2.17. The van der Waals surface area contributed by atoms with Gasteiger partial charge in [0.2, 0.25) is 0 Å². The Labute approximate surface area is 142 Å². The Morgan fingerprint density at radius 3 is 2.68 bits per heavy atom. The lowest BCUT2D eigenvalue weighted by molar-refractivity contribution is 0.141. The van der Waals surface area contributed by atoms with Crippen LogP contribution in [0.4, 0.5) is 9.18 Å². The van der Waals surface area contributed by atoms with Gasteiger partial charge in [0.1, 0.15) is 12.4 Å². The van der Waals surface area contributed by atoms with Crippen LogP contribution in [0.3, 0.4) is 0 Å². The van der Waals surface area contributed by atoms with Crippen LogP contribution in [-0.4, -0.2) is 12.6 Å². The van der Waals surface area contributed by atoms with Crippen molar-refractivity contribution in [3.8, 4) is 0 Å². The van der Waals surface area contributed by atoms with Gasteiger partial charge in [-0.2, -0.15) is 0 Å². The number of hydrogen-bond acceptors (Lipinski definition) is 2. The smallest absolute Gasteiger partial charge is 0.407 e. The molecule has 22 heavy (non-hydrogen) atoms. The third kappa shape index (κ3) is 5.14. The van der Waals surface area contributed by atoms with Crippen LogP contribution in [-0.2, 0) is 11.3 Å². The molecule has 3 nitrogen and oxygen atoms in total. The molecule has 0 fully saturated rings. The van der Waals surface area contributed by atoms with Gasteiger partial charge < -0.3 is 10.1 Å². The Hall–Kier alpha value is -1.89. The van der Waals surface area contributed by atoms with Crippen molar-refractivity contribution in [2.45, 2.75) is 6.61 Å². The number of benzene rings is 2. The van der Waals surface area contributed by atoms with Gasteiger partial charge in [-0.25, -0.2) is 9.18 Å². The van der Waals surface area contributed by atoms with Gasteiger partial charge in [0, 0.05) is 15.7 Å². The number of hydrogen-bond donors (Lipinski definition) is 1. The molecule has 5 heteroatoms. The summed E-state index contributed by atoms with van der Waals surface area (Å²) in [5, 5.41) is 2.59. The topological polar surface area (TPSA) is 38.3 Å². The van der Waals surface area contributed by atoms with Crippen molar-refractivity contribution in [2.75, 3.05) is 6.54 Å². The molecule has 0 saturated heterocycles. The molecule has 0 unspecified atom stereocenters. The van der Waals surface area contributed by atoms with Gasteiger partial charge in [0.05, 0.1) is 0 Å². The molecule has 1 amide bonds. The van der Waals surface area contributed by atoms with Crippen LogP contribution >= 0.6 is 22.6 Å². The lowest BCUT2D eigenvalue weighted by Gasteiger charge is -2.05. The van der Waals surface area contributed by atoms with E-state index in [-0.39, 0.29) is 19.0 Å². The van der Waals surface area contributed by atoms with E-state index in [0.29, 0.717) is 5.56 Å². The molecule has 2 aromatic carbocycles. The van der Waals surface area contributed by atoms with Crippen molar-refractivity contribution in [3.63, 3.8) is 0 Å². The van der Waals surface area contributed by atoms with Crippen molar-refractivity contribution >= 4 is 34.8 Å². The normalized spacial score (nSPS) is 10.6. The summed E-state index contributed by atoms with van der Waals surface area (Å²) in [5.41, 5.74) is 1.44. The van der Waals surface area contributed by atoms with Crippen LogP contribution < -0.4 is 5.32 Å². The zero-order valence-electron chi connectivity index (χ0n) is 11.8. The first kappa shape index (κ1) is 16.5. The summed E-state index contributed by atoms with van der Waals surface area (Å²) in [7, 11) is 0. The molecule has 0 aliphatic rings. The van der Waals surface area contributed by atoms with Crippen molar-refractivity contribution in [3.05, 3.63) is 75.1 Å². The largest absolute Gasteiger partial charge is 0.445 e. The third-order valence-corrected chi connectivity index (χ3v) is 3.80. The Morgan fingerprint density at radius 2 is 1.95 bits per heavy atom. The van der Waals surface area contributed by atoms with Crippen molar-refractivity contribution < 1.29 is 13.9 Å². The standard InChI is InChI=1S/C17H15FINO2/c18-15-9-4-10-16(19)14(15)8-5-11-20-17(21)22-12-13-6-2-1-3-7-13/h1-10H,11-12H2,(H,20,21). The molecular weight excluding hydrogens is 396 g/mol. The monoisotopic (exact) mass is 411 g/mol. The van der Waals surface area contributed by atoms with Crippen LogP contribution in [0.25, 0.3) is 6.08 Å². The Bertz CT molecular complexity index is 639. The summed E-state index contributed by atoms with van der Waals surface area (Å²) < 4.78 is 19.5. The van der Waals surface area contributed by atoms with Crippen molar-refractivity contribution in [2.24, 2.45) is 0 Å². The first-order valence-corrected chi connectivity index (χ1v) is 7.80. The summed E-state index contributed by atoms with van der Waals surface area (Å²) in [6.07, 6.45) is 2.83. The number of carbonyl (C=O) groups excluding carboxylic acids is 1. The number of rotatable bonds is 5. The van der Waals surface area contributed by atoms with Gasteiger partial charge in [-0.1, -0.05) is 48.6 Å². The second-order valence-electron chi connectivity index (χ2n) is 4.48. The van der Waals surface area contributed by atoms with Crippen LogP contribution in [0.15, 0.2) is 54.6 Å². The average molecular weight is 411 g/mol. The molecule has 0 aliphatic carbocycles. The summed E-state index contributed by atoms with van der Waals surface area (Å²) in [6, 6.07) is 14.3. The highest BCUT2D eigenvalue weighted by Gasteiger charge is 2.03. The van der Waals surface area contributed by atoms with E-state index in [1.807, 2.05) is 36.4 Å². The number of ether oxygens (including phenoxy) is 1. The predicted octanol–water partition coefficient (Wildman–Crippen LogP) is 4.37. The fourth-order valence-corrected chi connectivity index (χ4v) is 2.41. The number of nitrogens with one attached hydrogen (secondary N) is 1. The zero-order valence-corrected chi connectivity index (χ0v) is 13.9. The molecule has 2 aromatic rings. The van der Waals surface area contributed by atoms with Gasteiger partial charge in [-0.05, 0) is 40.3 Å². The molecule has 0 spiro atoms. The lowest BCUT2D eigenvalue weighted by Crippen LogP contribution is -2.24. The van der Waals surface area contributed by atoms with Crippen LogP contribution in [0.2, 0.25) is 0 Å². The molecule has 0 bridgehead atoms. The van der Waals surface area contributed by atoms with E-state index < -0.39 is 6.09 Å². The second-order valence-corrected chi connectivity index (χ2v) is 5.64. The van der Waals surface area contributed by atoms with E-state index in [0.717, 1.165) is 9.13 Å². The van der Waals surface area contributed by atoms with Crippen molar-refractivity contribution in [1.29, 1.82) is 0 Å². The van der Waals surface area contributed by atoms with Gasteiger partial charge in [0.25, 0.3) is 0 Å². The van der Waals surface area contributed by atoms with E-state index >= 15 is 0 Å². The third-order valence-electron chi connectivity index (χ3n) is 2.86. The maximum atomic E-state index is 13.6. The molecule has 0 saturated carbocycles. The van der Waals surface area contributed by atoms with Gasteiger partial charge in [-0.3, -0.25) is 0 Å².